The van der Waals surface area contributed by atoms with E-state index in [4.69, 9.17) is 11.6 Å². The Bertz CT molecular complexity index is 1580. The van der Waals surface area contributed by atoms with Crippen molar-refractivity contribution < 1.29 is 17.6 Å². The van der Waals surface area contributed by atoms with Gasteiger partial charge in [-0.2, -0.15) is 0 Å². The molecule has 3 aromatic carbocycles. The summed E-state index contributed by atoms with van der Waals surface area (Å²) in [6.45, 7) is 3.72. The number of carbonyl (C=O) groups is 1. The van der Waals surface area contributed by atoms with E-state index in [9.17, 15) is 17.6 Å². The van der Waals surface area contributed by atoms with Crippen LogP contribution in [0, 0.1) is 12.7 Å². The number of halogens is 2. The molecule has 0 bridgehead atoms. The molecule has 1 fully saturated rings. The van der Waals surface area contributed by atoms with E-state index in [1.165, 1.54) is 12.1 Å². The van der Waals surface area contributed by atoms with Gasteiger partial charge in [-0.3, -0.25) is 4.79 Å². The third-order valence-corrected chi connectivity index (χ3v) is 8.85. The lowest BCUT2D eigenvalue weighted by molar-refractivity contribution is 0.0915. The number of aromatic nitrogens is 1. The number of carbonyl (C=O) groups excluding carboxylic acids is 1. The van der Waals surface area contributed by atoms with Crippen molar-refractivity contribution >= 4 is 38.2 Å². The number of hydrogen-bond acceptors (Lipinski definition) is 3. The molecule has 1 saturated heterocycles. The summed E-state index contributed by atoms with van der Waals surface area (Å²) in [5.41, 5.74) is 3.80. The van der Waals surface area contributed by atoms with Crippen molar-refractivity contribution in [1.29, 1.82) is 0 Å². The van der Waals surface area contributed by atoms with Gasteiger partial charge >= 0.3 is 0 Å². The van der Waals surface area contributed by atoms with E-state index in [0.717, 1.165) is 33.4 Å². The molecule has 1 aromatic heterocycles. The van der Waals surface area contributed by atoms with Gasteiger partial charge in [0.05, 0.1) is 22.6 Å². The summed E-state index contributed by atoms with van der Waals surface area (Å²) in [7, 11) is -3.16. The summed E-state index contributed by atoms with van der Waals surface area (Å²) in [6, 6.07) is 19.1. The number of benzene rings is 3. The summed E-state index contributed by atoms with van der Waals surface area (Å²) in [5.74, 6) is -0.684. The van der Waals surface area contributed by atoms with Crippen molar-refractivity contribution in [2.24, 2.45) is 0 Å². The first-order valence-electron chi connectivity index (χ1n) is 11.3. The number of rotatable bonds is 4. The first kappa shape index (κ1) is 23.6. The van der Waals surface area contributed by atoms with Gasteiger partial charge in [0.15, 0.2) is 9.84 Å². The van der Waals surface area contributed by atoms with E-state index in [1.807, 2.05) is 41.8 Å². The fraction of sp³-hybridized carbons (Fsp3) is 0.222. The van der Waals surface area contributed by atoms with Gasteiger partial charge in [0.2, 0.25) is 0 Å². The maximum absolute atomic E-state index is 13.7. The molecule has 4 aromatic rings. The Kier molecular flexibility index (Phi) is 5.73. The van der Waals surface area contributed by atoms with Crippen molar-refractivity contribution in [3.63, 3.8) is 0 Å². The summed E-state index contributed by atoms with van der Waals surface area (Å²) >= 11 is 6.55. The second-order valence-electron chi connectivity index (χ2n) is 9.34. The number of amides is 1. The minimum absolute atomic E-state index is 0.0661. The van der Waals surface area contributed by atoms with Gasteiger partial charge in [-0.1, -0.05) is 35.9 Å². The molecular weight excluding hydrogens is 487 g/mol. The standard InChI is InChI=1S/C27H24ClFN2O3S/c1-17-25(21-5-3-4-6-23(21)28)22-12-7-18(26(32)30-27(2)13-14-35(33,34)16-27)15-24(22)31(17)20-10-8-19(29)9-11-20/h3-12,15H,13-14,16H2,1-2H3,(H,30,32)/t27-/m1/s1. The number of nitrogens with one attached hydrogen (secondary N) is 1. The normalized spacial score (nSPS) is 19.2. The molecule has 35 heavy (non-hydrogen) atoms. The third kappa shape index (κ3) is 4.34. The zero-order valence-electron chi connectivity index (χ0n) is 19.3. The number of nitrogens with zero attached hydrogens (tertiary/aromatic N) is 1. The molecule has 5 nitrogen and oxygen atoms in total. The van der Waals surface area contributed by atoms with Crippen LogP contribution in [0.4, 0.5) is 4.39 Å². The van der Waals surface area contributed by atoms with Gasteiger partial charge < -0.3 is 9.88 Å². The smallest absolute Gasteiger partial charge is 0.251 e. The van der Waals surface area contributed by atoms with E-state index in [0.29, 0.717) is 17.0 Å². The number of fused-ring (bicyclic) bond motifs is 1. The Morgan fingerprint density at radius 3 is 2.46 bits per heavy atom. The first-order valence-corrected chi connectivity index (χ1v) is 13.5. The molecule has 0 radical (unpaired) electrons. The first-order chi connectivity index (χ1) is 16.6. The predicted octanol–water partition coefficient (Wildman–Crippen LogP) is 5.71. The highest BCUT2D eigenvalue weighted by Crippen LogP contribution is 2.40. The highest BCUT2D eigenvalue weighted by Gasteiger charge is 2.39. The highest BCUT2D eigenvalue weighted by atomic mass is 35.5. The topological polar surface area (TPSA) is 68.2 Å². The molecular formula is C27H24ClFN2O3S. The van der Waals surface area contributed by atoms with Crippen molar-refractivity contribution in [3.8, 4) is 16.8 Å². The van der Waals surface area contributed by atoms with Gasteiger partial charge in [-0.05, 0) is 62.7 Å². The second kappa shape index (κ2) is 8.50. The quantitative estimate of drug-likeness (QED) is 0.382. The Morgan fingerprint density at radius 1 is 1.09 bits per heavy atom. The largest absolute Gasteiger partial charge is 0.346 e. The van der Waals surface area contributed by atoms with Gasteiger partial charge in [0.25, 0.3) is 5.91 Å². The van der Waals surface area contributed by atoms with Crippen molar-refractivity contribution in [1.82, 2.24) is 9.88 Å². The van der Waals surface area contributed by atoms with E-state index in [2.05, 4.69) is 5.32 Å². The van der Waals surface area contributed by atoms with Crippen LogP contribution in [0.3, 0.4) is 0 Å². The van der Waals surface area contributed by atoms with Crippen LogP contribution in [-0.4, -0.2) is 35.9 Å². The molecule has 1 amide bonds. The molecule has 5 rings (SSSR count). The van der Waals surface area contributed by atoms with E-state index >= 15 is 0 Å². The number of hydrogen-bond donors (Lipinski definition) is 1. The summed E-state index contributed by atoms with van der Waals surface area (Å²) in [4.78, 5) is 13.2. The van der Waals surface area contributed by atoms with Crippen LogP contribution in [0.1, 0.15) is 29.4 Å². The Morgan fingerprint density at radius 2 is 1.80 bits per heavy atom. The van der Waals surface area contributed by atoms with E-state index < -0.39 is 15.4 Å². The van der Waals surface area contributed by atoms with Crippen LogP contribution in [-0.2, 0) is 9.84 Å². The molecule has 1 aliphatic heterocycles. The average molecular weight is 511 g/mol. The van der Waals surface area contributed by atoms with E-state index in [1.54, 1.807) is 31.2 Å². The zero-order chi connectivity index (χ0) is 25.0. The SMILES string of the molecule is Cc1c(-c2ccccc2Cl)c2ccc(C(=O)N[C@]3(C)CCS(=O)(=O)C3)cc2n1-c1ccc(F)cc1. The molecule has 1 N–H and O–H groups in total. The summed E-state index contributed by atoms with van der Waals surface area (Å²) in [5, 5.41) is 4.42. The molecule has 180 valence electrons. The highest BCUT2D eigenvalue weighted by molar-refractivity contribution is 7.91. The average Bonchev–Trinajstić information content (AvgIpc) is 3.25. The van der Waals surface area contributed by atoms with Gasteiger partial charge in [-0.25, -0.2) is 12.8 Å². The van der Waals surface area contributed by atoms with Crippen LogP contribution in [0.5, 0.6) is 0 Å². The van der Waals surface area contributed by atoms with Gasteiger partial charge in [0.1, 0.15) is 5.82 Å². The van der Waals surface area contributed by atoms with Crippen LogP contribution in [0.25, 0.3) is 27.7 Å². The lowest BCUT2D eigenvalue weighted by Crippen LogP contribution is -2.46. The fourth-order valence-corrected chi connectivity index (χ4v) is 7.26. The van der Waals surface area contributed by atoms with Gasteiger partial charge in [-0.15, -0.1) is 0 Å². The number of sulfone groups is 1. The molecule has 0 unspecified atom stereocenters. The minimum atomic E-state index is -3.16. The van der Waals surface area contributed by atoms with Crippen molar-refractivity contribution in [2.45, 2.75) is 25.8 Å². The minimum Gasteiger partial charge on any atom is -0.346 e. The monoisotopic (exact) mass is 510 g/mol. The predicted molar refractivity (Wildman–Crippen MR) is 138 cm³/mol. The molecule has 0 spiro atoms. The Labute approximate surface area is 208 Å². The third-order valence-electron chi connectivity index (χ3n) is 6.61. The van der Waals surface area contributed by atoms with Gasteiger partial charge in [0, 0.05) is 38.5 Å². The molecule has 1 aliphatic rings. The molecule has 0 saturated carbocycles. The fourth-order valence-electron chi connectivity index (χ4n) is 4.94. The van der Waals surface area contributed by atoms with Crippen LogP contribution in [0.15, 0.2) is 66.7 Å². The zero-order valence-corrected chi connectivity index (χ0v) is 20.9. The van der Waals surface area contributed by atoms with Crippen LogP contribution >= 0.6 is 11.6 Å². The Hall–Kier alpha value is -3.16. The second-order valence-corrected chi connectivity index (χ2v) is 11.9. The summed E-state index contributed by atoms with van der Waals surface area (Å²) in [6.07, 6.45) is 0.380. The molecule has 8 heteroatoms. The maximum atomic E-state index is 13.7. The molecule has 0 aliphatic carbocycles. The lowest BCUT2D eigenvalue weighted by Gasteiger charge is -2.24. The summed E-state index contributed by atoms with van der Waals surface area (Å²) < 4.78 is 39.6. The Balaban J connectivity index is 1.66. The van der Waals surface area contributed by atoms with E-state index in [-0.39, 0.29) is 23.2 Å². The maximum Gasteiger partial charge on any atom is 0.251 e. The lowest BCUT2D eigenvalue weighted by atomic mass is 9.99. The van der Waals surface area contributed by atoms with Crippen LogP contribution < -0.4 is 5.32 Å². The molecule has 2 heterocycles. The molecule has 1 atom stereocenters. The van der Waals surface area contributed by atoms with Crippen LogP contribution in [0.2, 0.25) is 5.02 Å². The van der Waals surface area contributed by atoms with Crippen molar-refractivity contribution in [3.05, 3.63) is 88.8 Å². The van der Waals surface area contributed by atoms with Crippen molar-refractivity contribution in [2.75, 3.05) is 11.5 Å².